The van der Waals surface area contributed by atoms with Crippen LogP contribution in [0.25, 0.3) is 0 Å². The summed E-state index contributed by atoms with van der Waals surface area (Å²) in [5.41, 5.74) is 2.33. The molecule has 3 rings (SSSR count). The number of anilines is 1. The molecule has 1 fully saturated rings. The number of rotatable bonds is 4. The van der Waals surface area contributed by atoms with Crippen molar-refractivity contribution in [3.8, 4) is 0 Å². The van der Waals surface area contributed by atoms with Crippen molar-refractivity contribution in [3.63, 3.8) is 0 Å². The number of nitrogens with one attached hydrogen (secondary N) is 1. The Morgan fingerprint density at radius 3 is 2.48 bits per heavy atom. The van der Waals surface area contributed by atoms with Gasteiger partial charge >= 0.3 is 0 Å². The maximum Gasteiger partial charge on any atom is 0.144 e. The molecule has 0 saturated heterocycles. The lowest BCUT2D eigenvalue weighted by Gasteiger charge is -2.41. The van der Waals surface area contributed by atoms with Crippen molar-refractivity contribution in [1.29, 1.82) is 0 Å². The van der Waals surface area contributed by atoms with Crippen molar-refractivity contribution in [1.82, 2.24) is 9.97 Å². The number of benzene rings is 1. The van der Waals surface area contributed by atoms with Gasteiger partial charge in [0.1, 0.15) is 11.6 Å². The number of halogens is 1. The molecule has 4 heteroatoms. The van der Waals surface area contributed by atoms with Gasteiger partial charge in [0.05, 0.1) is 15.6 Å². The second-order valence-electron chi connectivity index (χ2n) is 5.63. The van der Waals surface area contributed by atoms with Gasteiger partial charge < -0.3 is 5.32 Å². The van der Waals surface area contributed by atoms with Gasteiger partial charge in [-0.3, -0.25) is 0 Å². The van der Waals surface area contributed by atoms with Gasteiger partial charge in [0.25, 0.3) is 0 Å². The molecule has 2 aromatic rings. The molecule has 0 amide bonds. The Morgan fingerprint density at radius 1 is 1.19 bits per heavy atom. The molecule has 1 saturated carbocycles. The molecule has 3 nitrogen and oxygen atoms in total. The van der Waals surface area contributed by atoms with Gasteiger partial charge in [-0.2, -0.15) is 0 Å². The van der Waals surface area contributed by atoms with Crippen molar-refractivity contribution in [2.24, 2.45) is 0 Å². The van der Waals surface area contributed by atoms with Gasteiger partial charge in [-0.05, 0) is 48.2 Å². The van der Waals surface area contributed by atoms with E-state index >= 15 is 0 Å². The van der Waals surface area contributed by atoms with Crippen LogP contribution in [0.15, 0.2) is 34.8 Å². The minimum Gasteiger partial charge on any atom is -0.369 e. The van der Waals surface area contributed by atoms with E-state index in [2.05, 4.69) is 58.5 Å². The van der Waals surface area contributed by atoms with E-state index in [-0.39, 0.29) is 5.41 Å². The minimum atomic E-state index is -0.00308. The van der Waals surface area contributed by atoms with Gasteiger partial charge in [-0.1, -0.05) is 36.8 Å². The van der Waals surface area contributed by atoms with E-state index in [1.54, 1.807) is 0 Å². The first-order valence-corrected chi connectivity index (χ1v) is 8.30. The number of hydrogen-bond donors (Lipinski definition) is 1. The van der Waals surface area contributed by atoms with E-state index in [0.29, 0.717) is 0 Å². The van der Waals surface area contributed by atoms with Crippen LogP contribution in [0.5, 0.6) is 0 Å². The standard InChI is InChI=1S/C17H20BrN3/c1-3-19-15-14(18)12(2)20-16(21-15)17(10-7-11-17)13-8-5-4-6-9-13/h4-6,8-9H,3,7,10-11H2,1-2H3,(H,19,20,21). The predicted molar refractivity (Wildman–Crippen MR) is 89.7 cm³/mol. The zero-order valence-corrected chi connectivity index (χ0v) is 14.1. The summed E-state index contributed by atoms with van der Waals surface area (Å²) < 4.78 is 0.968. The molecule has 0 radical (unpaired) electrons. The fourth-order valence-corrected chi connectivity index (χ4v) is 3.30. The summed E-state index contributed by atoms with van der Waals surface area (Å²) in [6.45, 7) is 4.97. The molecule has 1 aromatic carbocycles. The molecule has 1 aromatic heterocycles. The molecule has 1 heterocycles. The zero-order chi connectivity index (χ0) is 14.9. The highest BCUT2D eigenvalue weighted by Gasteiger charge is 2.43. The molecule has 1 N–H and O–H groups in total. The van der Waals surface area contributed by atoms with Crippen molar-refractivity contribution in [3.05, 3.63) is 51.9 Å². The first-order valence-electron chi connectivity index (χ1n) is 7.51. The Bertz CT molecular complexity index is 636. The predicted octanol–water partition coefficient (Wildman–Crippen LogP) is 4.45. The minimum absolute atomic E-state index is 0.00308. The summed E-state index contributed by atoms with van der Waals surface area (Å²) >= 11 is 3.59. The number of nitrogens with zero attached hydrogens (tertiary/aromatic N) is 2. The maximum atomic E-state index is 4.82. The highest BCUT2D eigenvalue weighted by Crippen LogP contribution is 2.48. The number of aryl methyl sites for hydroxylation is 1. The van der Waals surface area contributed by atoms with E-state index in [9.17, 15) is 0 Å². The van der Waals surface area contributed by atoms with Crippen LogP contribution in [-0.4, -0.2) is 16.5 Å². The molecule has 1 aliphatic rings. The Balaban J connectivity index is 2.10. The largest absolute Gasteiger partial charge is 0.369 e. The summed E-state index contributed by atoms with van der Waals surface area (Å²) in [5.74, 6) is 1.86. The summed E-state index contributed by atoms with van der Waals surface area (Å²) in [4.78, 5) is 9.61. The summed E-state index contributed by atoms with van der Waals surface area (Å²) in [6, 6.07) is 10.7. The first kappa shape index (κ1) is 14.5. The van der Waals surface area contributed by atoms with Crippen LogP contribution >= 0.6 is 15.9 Å². The van der Waals surface area contributed by atoms with E-state index in [0.717, 1.165) is 41.2 Å². The lowest BCUT2D eigenvalue weighted by atomic mass is 9.64. The van der Waals surface area contributed by atoms with Crippen LogP contribution in [0.2, 0.25) is 0 Å². The van der Waals surface area contributed by atoms with Gasteiger partial charge in [-0.25, -0.2) is 9.97 Å². The Hall–Kier alpha value is -1.42. The van der Waals surface area contributed by atoms with Gasteiger partial charge in [0.15, 0.2) is 0 Å². The average Bonchev–Trinajstić information content (AvgIpc) is 2.44. The first-order chi connectivity index (χ1) is 10.2. The van der Waals surface area contributed by atoms with Crippen LogP contribution < -0.4 is 5.32 Å². The average molecular weight is 346 g/mol. The summed E-state index contributed by atoms with van der Waals surface area (Å²) in [6.07, 6.45) is 3.50. The van der Waals surface area contributed by atoms with Crippen molar-refractivity contribution in [2.45, 2.75) is 38.5 Å². The second kappa shape index (κ2) is 5.76. The normalized spacial score (nSPS) is 16.3. The Kier molecular flexibility index (Phi) is 3.98. The molecule has 0 bridgehead atoms. The van der Waals surface area contributed by atoms with E-state index in [1.807, 2.05) is 6.92 Å². The smallest absolute Gasteiger partial charge is 0.144 e. The molecule has 110 valence electrons. The van der Waals surface area contributed by atoms with Crippen LogP contribution in [0.1, 0.15) is 43.3 Å². The molecule has 0 atom stereocenters. The number of aromatic nitrogens is 2. The highest BCUT2D eigenvalue weighted by atomic mass is 79.9. The van der Waals surface area contributed by atoms with E-state index < -0.39 is 0 Å². The lowest BCUT2D eigenvalue weighted by molar-refractivity contribution is 0.285. The molecule has 1 aliphatic carbocycles. The molecular weight excluding hydrogens is 326 g/mol. The monoisotopic (exact) mass is 345 g/mol. The quantitative estimate of drug-likeness (QED) is 0.889. The second-order valence-corrected chi connectivity index (χ2v) is 6.42. The maximum absolute atomic E-state index is 4.82. The molecule has 0 unspecified atom stereocenters. The van der Waals surface area contributed by atoms with Crippen LogP contribution in [-0.2, 0) is 5.41 Å². The SMILES string of the molecule is CCNc1nc(C2(c3ccccc3)CCC2)nc(C)c1Br. The lowest BCUT2D eigenvalue weighted by Crippen LogP contribution is -2.37. The van der Waals surface area contributed by atoms with Crippen molar-refractivity contribution >= 4 is 21.7 Å². The third-order valence-corrected chi connectivity index (χ3v) is 5.27. The summed E-state index contributed by atoms with van der Waals surface area (Å²) in [7, 11) is 0. The van der Waals surface area contributed by atoms with Crippen molar-refractivity contribution in [2.75, 3.05) is 11.9 Å². The van der Waals surface area contributed by atoms with Crippen LogP contribution in [0.3, 0.4) is 0 Å². The van der Waals surface area contributed by atoms with E-state index in [1.165, 1.54) is 12.0 Å². The van der Waals surface area contributed by atoms with Crippen molar-refractivity contribution < 1.29 is 0 Å². The van der Waals surface area contributed by atoms with Crippen LogP contribution in [0, 0.1) is 6.92 Å². The van der Waals surface area contributed by atoms with Gasteiger partial charge in [-0.15, -0.1) is 0 Å². The molecular formula is C17H20BrN3. The summed E-state index contributed by atoms with van der Waals surface area (Å²) in [5, 5.41) is 3.33. The highest BCUT2D eigenvalue weighted by molar-refractivity contribution is 9.10. The Labute approximate surface area is 134 Å². The topological polar surface area (TPSA) is 37.8 Å². The van der Waals surface area contributed by atoms with Crippen LogP contribution in [0.4, 0.5) is 5.82 Å². The zero-order valence-electron chi connectivity index (χ0n) is 12.5. The molecule has 0 aliphatic heterocycles. The fourth-order valence-electron chi connectivity index (χ4n) is 2.99. The Morgan fingerprint density at radius 2 is 1.90 bits per heavy atom. The third-order valence-electron chi connectivity index (χ3n) is 4.32. The molecule has 0 spiro atoms. The van der Waals surface area contributed by atoms with Gasteiger partial charge in [0, 0.05) is 6.54 Å². The fraction of sp³-hybridized carbons (Fsp3) is 0.412. The molecule has 21 heavy (non-hydrogen) atoms. The van der Waals surface area contributed by atoms with E-state index in [4.69, 9.17) is 9.97 Å². The third kappa shape index (κ3) is 2.46. The van der Waals surface area contributed by atoms with Gasteiger partial charge in [0.2, 0.25) is 0 Å². The number of hydrogen-bond acceptors (Lipinski definition) is 3.